The third-order valence-electron chi connectivity index (χ3n) is 7.79. The van der Waals surface area contributed by atoms with Gasteiger partial charge in [-0.1, -0.05) is 60.7 Å². The van der Waals surface area contributed by atoms with Gasteiger partial charge in [0.2, 0.25) is 5.91 Å². The summed E-state index contributed by atoms with van der Waals surface area (Å²) in [4.78, 5) is 30.5. The zero-order valence-corrected chi connectivity index (χ0v) is 26.0. The van der Waals surface area contributed by atoms with E-state index in [9.17, 15) is 18.0 Å². The first-order valence-corrected chi connectivity index (χ1v) is 16.6. The Hall–Kier alpha value is -5.58. The number of furan rings is 1. The van der Waals surface area contributed by atoms with Crippen LogP contribution in [-0.2, 0) is 21.3 Å². The van der Waals surface area contributed by atoms with Crippen molar-refractivity contribution in [3.63, 3.8) is 0 Å². The molecule has 0 radical (unpaired) electrons. The molecule has 2 amide bonds. The molecule has 2 aromatic heterocycles. The number of anilines is 1. The summed E-state index contributed by atoms with van der Waals surface area (Å²) in [5, 5.41) is 6.56. The van der Waals surface area contributed by atoms with Gasteiger partial charge in [-0.2, -0.15) is 8.42 Å². The minimum Gasteiger partial charge on any atom is -0.456 e. The number of fused-ring (bicyclic) bond motifs is 1. The number of rotatable bonds is 11. The van der Waals surface area contributed by atoms with E-state index in [1.807, 2.05) is 91.0 Å². The van der Waals surface area contributed by atoms with Crippen LogP contribution in [0.3, 0.4) is 0 Å². The fraction of sp³-hybridized carbons (Fsp3) is 0.108. The highest BCUT2D eigenvalue weighted by Crippen LogP contribution is 2.30. The van der Waals surface area contributed by atoms with Gasteiger partial charge in [0.25, 0.3) is 16.0 Å². The molecule has 6 aromatic rings. The molecule has 3 N–H and O–H groups in total. The number of pyridine rings is 1. The summed E-state index contributed by atoms with van der Waals surface area (Å²) in [5.74, 6) is -1.04. The van der Waals surface area contributed by atoms with Crippen LogP contribution in [0.15, 0.2) is 132 Å². The molecular formula is C37H31N3O6S. The molecule has 0 saturated heterocycles. The van der Waals surface area contributed by atoms with Gasteiger partial charge in [-0.15, -0.1) is 0 Å². The Bertz CT molecular complexity index is 2080. The molecule has 0 aliphatic heterocycles. The molecule has 1 atom stereocenters. The van der Waals surface area contributed by atoms with Crippen LogP contribution in [0.2, 0.25) is 0 Å². The number of carbonyl (C=O) groups is 2. The molecule has 0 aliphatic rings. The highest BCUT2D eigenvalue weighted by molar-refractivity contribution is 7.85. The van der Waals surface area contributed by atoms with Crippen molar-refractivity contribution in [2.45, 2.75) is 12.3 Å². The molecule has 0 fully saturated rings. The second kappa shape index (κ2) is 13.8. The van der Waals surface area contributed by atoms with Gasteiger partial charge in [-0.25, -0.2) is 0 Å². The maximum absolute atomic E-state index is 13.8. The molecule has 0 spiro atoms. The number of carbonyl (C=O) groups excluding carboxylic acids is 2. The van der Waals surface area contributed by atoms with Crippen molar-refractivity contribution in [1.82, 2.24) is 10.3 Å². The third kappa shape index (κ3) is 7.99. The van der Waals surface area contributed by atoms with E-state index in [0.717, 1.165) is 44.5 Å². The number of benzene rings is 4. The van der Waals surface area contributed by atoms with Gasteiger partial charge in [0, 0.05) is 41.1 Å². The predicted octanol–water partition coefficient (Wildman–Crippen LogP) is 6.74. The molecule has 6 rings (SSSR count). The smallest absolute Gasteiger partial charge is 0.266 e. The molecule has 4 aromatic carbocycles. The standard InChI is InChI=1S/C37H31N3O6S/c41-36(39-20-21-47(43,44)45)29-9-7-25(8-10-29)22-33(27-13-11-26(12-14-27)31-5-3-19-38-24-31)37(42)40-32-17-15-28(16-18-32)35-23-30-4-1-2-6-34(30)46-35/h1-19,23-24,33H,20-22H2,(H,39,41)(H,40,42)(H,43,44,45). The van der Waals surface area contributed by atoms with Crippen LogP contribution >= 0.6 is 0 Å². The van der Waals surface area contributed by atoms with E-state index in [-0.39, 0.29) is 12.5 Å². The fourth-order valence-electron chi connectivity index (χ4n) is 5.30. The molecule has 9 nitrogen and oxygen atoms in total. The molecule has 10 heteroatoms. The molecule has 236 valence electrons. The molecule has 0 saturated carbocycles. The van der Waals surface area contributed by atoms with E-state index in [2.05, 4.69) is 15.6 Å². The van der Waals surface area contributed by atoms with Gasteiger partial charge in [-0.05, 0) is 83.3 Å². The van der Waals surface area contributed by atoms with E-state index >= 15 is 0 Å². The Kier molecular flexibility index (Phi) is 9.23. The quantitative estimate of drug-likeness (QED) is 0.133. The van der Waals surface area contributed by atoms with E-state index in [1.54, 1.807) is 36.7 Å². The first kappa shape index (κ1) is 31.4. The minimum atomic E-state index is -4.18. The first-order valence-electron chi connectivity index (χ1n) is 14.9. The molecular weight excluding hydrogens is 614 g/mol. The topological polar surface area (TPSA) is 139 Å². The second-order valence-corrected chi connectivity index (χ2v) is 12.6. The Balaban J connectivity index is 1.20. The summed E-state index contributed by atoms with van der Waals surface area (Å²) >= 11 is 0. The van der Waals surface area contributed by atoms with E-state index in [1.165, 1.54) is 0 Å². The Morgan fingerprint density at radius 2 is 1.53 bits per heavy atom. The third-order valence-corrected chi connectivity index (χ3v) is 8.51. The van der Waals surface area contributed by atoms with Crippen molar-refractivity contribution in [1.29, 1.82) is 0 Å². The maximum Gasteiger partial charge on any atom is 0.266 e. The Labute approximate surface area is 272 Å². The summed E-state index contributed by atoms with van der Waals surface area (Å²) in [5.41, 5.74) is 6.27. The van der Waals surface area contributed by atoms with Crippen molar-refractivity contribution >= 4 is 38.6 Å². The molecule has 0 bridgehead atoms. The first-order chi connectivity index (χ1) is 22.7. The summed E-state index contributed by atoms with van der Waals surface area (Å²) in [6, 6.07) is 35.7. The summed E-state index contributed by atoms with van der Waals surface area (Å²) < 4.78 is 36.8. The van der Waals surface area contributed by atoms with Gasteiger partial charge in [-0.3, -0.25) is 19.1 Å². The van der Waals surface area contributed by atoms with Crippen LogP contribution in [0.25, 0.3) is 33.4 Å². The Morgan fingerprint density at radius 3 is 2.21 bits per heavy atom. The number of nitrogens with zero attached hydrogens (tertiary/aromatic N) is 1. The van der Waals surface area contributed by atoms with Crippen molar-refractivity contribution < 1.29 is 27.0 Å². The maximum atomic E-state index is 13.8. The molecule has 47 heavy (non-hydrogen) atoms. The average Bonchev–Trinajstić information content (AvgIpc) is 3.52. The zero-order valence-electron chi connectivity index (χ0n) is 25.2. The zero-order chi connectivity index (χ0) is 32.8. The van der Waals surface area contributed by atoms with Crippen LogP contribution in [-0.4, -0.2) is 42.1 Å². The van der Waals surface area contributed by atoms with Crippen LogP contribution < -0.4 is 10.6 Å². The predicted molar refractivity (Wildman–Crippen MR) is 182 cm³/mol. The van der Waals surface area contributed by atoms with Crippen LogP contribution in [0.1, 0.15) is 27.4 Å². The van der Waals surface area contributed by atoms with E-state index in [0.29, 0.717) is 17.7 Å². The van der Waals surface area contributed by atoms with E-state index in [4.69, 9.17) is 8.97 Å². The van der Waals surface area contributed by atoms with Crippen molar-refractivity contribution in [2.75, 3.05) is 17.6 Å². The lowest BCUT2D eigenvalue weighted by molar-refractivity contribution is -0.117. The van der Waals surface area contributed by atoms with Crippen molar-refractivity contribution in [3.8, 4) is 22.5 Å². The van der Waals surface area contributed by atoms with Crippen LogP contribution in [0, 0.1) is 0 Å². The highest BCUT2D eigenvalue weighted by atomic mass is 32.2. The van der Waals surface area contributed by atoms with Crippen LogP contribution in [0.4, 0.5) is 5.69 Å². The average molecular weight is 646 g/mol. The number of aromatic nitrogens is 1. The molecule has 2 heterocycles. The summed E-state index contributed by atoms with van der Waals surface area (Å²) in [6.45, 7) is -0.212. The summed E-state index contributed by atoms with van der Waals surface area (Å²) in [6.07, 6.45) is 3.87. The lowest BCUT2D eigenvalue weighted by Crippen LogP contribution is -2.28. The van der Waals surface area contributed by atoms with Gasteiger partial charge in [0.1, 0.15) is 11.3 Å². The second-order valence-electron chi connectivity index (χ2n) is 11.1. The molecule has 1 unspecified atom stereocenters. The minimum absolute atomic E-state index is 0.192. The lowest BCUT2D eigenvalue weighted by atomic mass is 9.89. The lowest BCUT2D eigenvalue weighted by Gasteiger charge is -2.18. The van der Waals surface area contributed by atoms with Crippen LogP contribution in [0.5, 0.6) is 0 Å². The molecule has 0 aliphatic carbocycles. The van der Waals surface area contributed by atoms with Crippen molar-refractivity contribution in [2.24, 2.45) is 0 Å². The number of para-hydroxylation sites is 1. The van der Waals surface area contributed by atoms with Crippen molar-refractivity contribution in [3.05, 3.63) is 144 Å². The largest absolute Gasteiger partial charge is 0.456 e. The number of hydrogen-bond donors (Lipinski definition) is 3. The van der Waals surface area contributed by atoms with Gasteiger partial charge in [0.05, 0.1) is 11.7 Å². The summed E-state index contributed by atoms with van der Waals surface area (Å²) in [7, 11) is -4.18. The monoisotopic (exact) mass is 645 g/mol. The Morgan fingerprint density at radius 1 is 0.809 bits per heavy atom. The van der Waals surface area contributed by atoms with Gasteiger partial charge in [0.15, 0.2) is 0 Å². The van der Waals surface area contributed by atoms with Gasteiger partial charge < -0.3 is 15.1 Å². The highest BCUT2D eigenvalue weighted by Gasteiger charge is 2.22. The number of nitrogens with one attached hydrogen (secondary N) is 2. The van der Waals surface area contributed by atoms with E-state index < -0.39 is 27.7 Å². The fourth-order valence-corrected chi connectivity index (χ4v) is 5.66. The van der Waals surface area contributed by atoms with Gasteiger partial charge >= 0.3 is 0 Å². The SMILES string of the molecule is O=C(NCCS(=O)(=O)O)c1ccc(CC(C(=O)Nc2ccc(-c3cc4ccccc4o3)cc2)c2ccc(-c3cccnc3)cc2)cc1. The number of hydrogen-bond acceptors (Lipinski definition) is 6. The normalized spacial score (nSPS) is 12.0. The number of amides is 2.